The van der Waals surface area contributed by atoms with Crippen LogP contribution in [0.2, 0.25) is 0 Å². The minimum Gasteiger partial charge on any atom is -0.404 e. The first kappa shape index (κ1) is 10.3. The highest BCUT2D eigenvalue weighted by Crippen LogP contribution is 2.05. The minimum absolute atomic E-state index is 0.736. The van der Waals surface area contributed by atoms with Gasteiger partial charge < -0.3 is 11.1 Å². The van der Waals surface area contributed by atoms with Gasteiger partial charge in [-0.15, -0.1) is 0 Å². The highest BCUT2D eigenvalue weighted by atomic mass is 15.0. The SMILES string of the molecule is CCN=C(/C=C\N)Nc1ccccc1. The molecule has 0 radical (unpaired) electrons. The lowest BCUT2D eigenvalue weighted by Gasteiger charge is -2.05. The molecule has 0 saturated heterocycles. The van der Waals surface area contributed by atoms with Gasteiger partial charge in [-0.1, -0.05) is 18.2 Å². The molecule has 0 saturated carbocycles. The second-order valence-corrected chi connectivity index (χ2v) is 2.71. The van der Waals surface area contributed by atoms with Gasteiger partial charge in [-0.2, -0.15) is 0 Å². The third-order valence-electron chi connectivity index (χ3n) is 1.63. The van der Waals surface area contributed by atoms with Crippen LogP contribution < -0.4 is 11.1 Å². The summed E-state index contributed by atoms with van der Waals surface area (Å²) in [7, 11) is 0. The summed E-state index contributed by atoms with van der Waals surface area (Å²) in [6.45, 7) is 2.72. The van der Waals surface area contributed by atoms with Crippen LogP contribution in [-0.4, -0.2) is 12.4 Å². The summed E-state index contributed by atoms with van der Waals surface area (Å²) in [4.78, 5) is 4.25. The number of amidine groups is 1. The van der Waals surface area contributed by atoms with Gasteiger partial charge in [-0.05, 0) is 31.3 Å². The van der Waals surface area contributed by atoms with Crippen LogP contribution >= 0.6 is 0 Å². The van der Waals surface area contributed by atoms with Crippen LogP contribution in [-0.2, 0) is 0 Å². The predicted octanol–water partition coefficient (Wildman–Crippen LogP) is 1.99. The average molecular weight is 189 g/mol. The van der Waals surface area contributed by atoms with E-state index in [0.717, 1.165) is 18.1 Å². The maximum Gasteiger partial charge on any atom is 0.126 e. The van der Waals surface area contributed by atoms with Crippen LogP contribution in [0.5, 0.6) is 0 Å². The Morgan fingerprint density at radius 3 is 2.71 bits per heavy atom. The second kappa shape index (κ2) is 5.80. The van der Waals surface area contributed by atoms with Crippen molar-refractivity contribution in [1.29, 1.82) is 0 Å². The number of para-hydroxylation sites is 1. The van der Waals surface area contributed by atoms with E-state index in [1.54, 1.807) is 6.08 Å². The zero-order valence-corrected chi connectivity index (χ0v) is 8.27. The maximum atomic E-state index is 5.31. The summed E-state index contributed by atoms with van der Waals surface area (Å²) in [5, 5.41) is 3.16. The first-order valence-corrected chi connectivity index (χ1v) is 4.61. The molecule has 0 aliphatic heterocycles. The molecule has 14 heavy (non-hydrogen) atoms. The van der Waals surface area contributed by atoms with E-state index in [2.05, 4.69) is 10.3 Å². The fraction of sp³-hybridized carbons (Fsp3) is 0.182. The Balaban J connectivity index is 2.70. The number of nitrogens with one attached hydrogen (secondary N) is 1. The lowest BCUT2D eigenvalue weighted by Crippen LogP contribution is -2.09. The van der Waals surface area contributed by atoms with Crippen molar-refractivity contribution in [3.63, 3.8) is 0 Å². The molecule has 3 nitrogen and oxygen atoms in total. The molecule has 0 aliphatic rings. The van der Waals surface area contributed by atoms with E-state index < -0.39 is 0 Å². The number of nitrogens with two attached hydrogens (primary N) is 1. The van der Waals surface area contributed by atoms with E-state index >= 15 is 0 Å². The number of aliphatic imine (C=N–C) groups is 1. The van der Waals surface area contributed by atoms with E-state index in [0.29, 0.717) is 0 Å². The van der Waals surface area contributed by atoms with E-state index in [1.807, 2.05) is 37.3 Å². The molecular weight excluding hydrogens is 174 g/mol. The monoisotopic (exact) mass is 189 g/mol. The van der Waals surface area contributed by atoms with Crippen LogP contribution in [0.3, 0.4) is 0 Å². The van der Waals surface area contributed by atoms with Crippen molar-refractivity contribution in [3.8, 4) is 0 Å². The molecule has 0 amide bonds. The van der Waals surface area contributed by atoms with Crippen LogP contribution in [0.25, 0.3) is 0 Å². The van der Waals surface area contributed by atoms with Crippen molar-refractivity contribution >= 4 is 11.5 Å². The third kappa shape index (κ3) is 3.31. The van der Waals surface area contributed by atoms with Crippen molar-refractivity contribution in [2.45, 2.75) is 6.92 Å². The molecule has 0 aromatic heterocycles. The molecule has 0 atom stereocenters. The lowest BCUT2D eigenvalue weighted by atomic mass is 10.3. The van der Waals surface area contributed by atoms with Crippen LogP contribution in [0, 0.1) is 0 Å². The standard InChI is InChI=1S/C11H15N3/c1-2-13-11(8-9-12)14-10-6-4-3-5-7-10/h3-9H,2,12H2,1H3,(H,13,14)/b9-8-. The Hall–Kier alpha value is -1.77. The van der Waals surface area contributed by atoms with Crippen LogP contribution in [0.4, 0.5) is 5.69 Å². The number of hydrogen-bond acceptors (Lipinski definition) is 2. The Bertz CT molecular complexity index is 315. The minimum atomic E-state index is 0.736. The summed E-state index contributed by atoms with van der Waals surface area (Å²) in [5.74, 6) is 0.779. The topological polar surface area (TPSA) is 50.4 Å². The van der Waals surface area contributed by atoms with Gasteiger partial charge in [0.1, 0.15) is 5.84 Å². The summed E-state index contributed by atoms with van der Waals surface area (Å²) in [6, 6.07) is 9.88. The normalized spacial score (nSPS) is 11.9. The quantitative estimate of drug-likeness (QED) is 0.564. The van der Waals surface area contributed by atoms with Crippen molar-refractivity contribution in [3.05, 3.63) is 42.6 Å². The van der Waals surface area contributed by atoms with Crippen molar-refractivity contribution in [2.24, 2.45) is 10.7 Å². The van der Waals surface area contributed by atoms with Crippen molar-refractivity contribution < 1.29 is 0 Å². The molecule has 0 aliphatic carbocycles. The Labute approximate surface area is 84.4 Å². The molecule has 1 aromatic rings. The summed E-state index contributed by atoms with van der Waals surface area (Å²) >= 11 is 0. The van der Waals surface area contributed by atoms with Gasteiger partial charge in [0.05, 0.1) is 0 Å². The first-order valence-electron chi connectivity index (χ1n) is 4.61. The largest absolute Gasteiger partial charge is 0.404 e. The molecule has 3 heteroatoms. The van der Waals surface area contributed by atoms with Crippen molar-refractivity contribution in [2.75, 3.05) is 11.9 Å². The Morgan fingerprint density at radius 1 is 1.43 bits per heavy atom. The molecule has 3 N–H and O–H groups in total. The zero-order valence-electron chi connectivity index (χ0n) is 8.27. The number of benzene rings is 1. The number of rotatable bonds is 3. The molecular formula is C11H15N3. The van der Waals surface area contributed by atoms with Crippen LogP contribution in [0.15, 0.2) is 47.6 Å². The van der Waals surface area contributed by atoms with Crippen LogP contribution in [0.1, 0.15) is 6.92 Å². The molecule has 0 heterocycles. The fourth-order valence-corrected chi connectivity index (χ4v) is 1.06. The highest BCUT2D eigenvalue weighted by Gasteiger charge is 1.93. The molecule has 0 fully saturated rings. The molecule has 0 unspecified atom stereocenters. The van der Waals surface area contributed by atoms with Gasteiger partial charge in [-0.25, -0.2) is 0 Å². The van der Waals surface area contributed by atoms with E-state index in [-0.39, 0.29) is 0 Å². The molecule has 0 spiro atoms. The van der Waals surface area contributed by atoms with E-state index in [9.17, 15) is 0 Å². The molecule has 0 bridgehead atoms. The Morgan fingerprint density at radius 2 is 2.14 bits per heavy atom. The molecule has 1 rings (SSSR count). The van der Waals surface area contributed by atoms with E-state index in [1.165, 1.54) is 6.20 Å². The lowest BCUT2D eigenvalue weighted by molar-refractivity contribution is 1.13. The fourth-order valence-electron chi connectivity index (χ4n) is 1.06. The molecule has 1 aromatic carbocycles. The van der Waals surface area contributed by atoms with Gasteiger partial charge >= 0.3 is 0 Å². The summed E-state index contributed by atoms with van der Waals surface area (Å²) < 4.78 is 0. The smallest absolute Gasteiger partial charge is 0.126 e. The highest BCUT2D eigenvalue weighted by molar-refractivity contribution is 6.03. The van der Waals surface area contributed by atoms with Gasteiger partial charge in [0, 0.05) is 12.2 Å². The maximum absolute atomic E-state index is 5.31. The molecule has 74 valence electrons. The summed E-state index contributed by atoms with van der Waals surface area (Å²) in [5.41, 5.74) is 6.32. The van der Waals surface area contributed by atoms with Gasteiger partial charge in [-0.3, -0.25) is 4.99 Å². The summed E-state index contributed by atoms with van der Waals surface area (Å²) in [6.07, 6.45) is 3.22. The number of nitrogens with zero attached hydrogens (tertiary/aromatic N) is 1. The number of anilines is 1. The van der Waals surface area contributed by atoms with Gasteiger partial charge in [0.25, 0.3) is 0 Å². The van der Waals surface area contributed by atoms with Crippen molar-refractivity contribution in [1.82, 2.24) is 0 Å². The second-order valence-electron chi connectivity index (χ2n) is 2.71. The van der Waals surface area contributed by atoms with Gasteiger partial charge in [0.2, 0.25) is 0 Å². The van der Waals surface area contributed by atoms with E-state index in [4.69, 9.17) is 5.73 Å². The average Bonchev–Trinajstić information content (AvgIpc) is 2.20. The number of hydrogen-bond donors (Lipinski definition) is 2. The predicted molar refractivity (Wildman–Crippen MR) is 61.4 cm³/mol. The zero-order chi connectivity index (χ0) is 10.2. The third-order valence-corrected chi connectivity index (χ3v) is 1.63. The van der Waals surface area contributed by atoms with Gasteiger partial charge in [0.15, 0.2) is 0 Å². The first-order chi connectivity index (χ1) is 6.86. The Kier molecular flexibility index (Phi) is 4.27.